The molecule has 0 bridgehead atoms. The lowest BCUT2D eigenvalue weighted by Crippen LogP contribution is -2.51. The number of benzene rings is 1. The van der Waals surface area contributed by atoms with Crippen LogP contribution in [0.1, 0.15) is 45.6 Å². The van der Waals surface area contributed by atoms with Crippen LogP contribution in [0.3, 0.4) is 0 Å². The molecule has 1 saturated heterocycles. The topological polar surface area (TPSA) is 70.6 Å². The molecular weight excluding hydrogens is 316 g/mol. The summed E-state index contributed by atoms with van der Waals surface area (Å²) >= 11 is 0. The summed E-state index contributed by atoms with van der Waals surface area (Å²) < 4.78 is 5.52. The van der Waals surface area contributed by atoms with Gasteiger partial charge >= 0.3 is 6.03 Å². The molecule has 1 heterocycles. The van der Waals surface area contributed by atoms with Crippen molar-refractivity contribution in [2.24, 2.45) is 5.92 Å². The summed E-state index contributed by atoms with van der Waals surface area (Å²) in [4.78, 5) is 12.3. The van der Waals surface area contributed by atoms with Gasteiger partial charge in [-0.25, -0.2) is 4.79 Å². The van der Waals surface area contributed by atoms with E-state index in [9.17, 15) is 9.90 Å². The number of carbonyl (C=O) groups is 1. The Hall–Kier alpha value is -1.59. The lowest BCUT2D eigenvalue weighted by molar-refractivity contribution is 0.00777. The van der Waals surface area contributed by atoms with Crippen molar-refractivity contribution in [3.05, 3.63) is 35.9 Å². The molecule has 2 rings (SSSR count). The minimum absolute atomic E-state index is 0.0872. The second kappa shape index (κ2) is 8.68. The van der Waals surface area contributed by atoms with Crippen molar-refractivity contribution in [1.82, 2.24) is 10.6 Å². The van der Waals surface area contributed by atoms with E-state index < -0.39 is 5.60 Å². The lowest BCUT2D eigenvalue weighted by atomic mass is 9.74. The van der Waals surface area contributed by atoms with Crippen LogP contribution in [0.2, 0.25) is 0 Å². The maximum absolute atomic E-state index is 12.3. The normalized spacial score (nSPS) is 20.3. The van der Waals surface area contributed by atoms with Crippen LogP contribution in [0.25, 0.3) is 0 Å². The molecule has 0 aromatic heterocycles. The minimum atomic E-state index is -0.901. The number of rotatable bonds is 7. The van der Waals surface area contributed by atoms with Crippen molar-refractivity contribution >= 4 is 6.03 Å². The quantitative estimate of drug-likeness (QED) is 0.710. The number of carbonyl (C=O) groups excluding carboxylic acids is 1. The number of hydrogen-bond donors (Lipinski definition) is 3. The highest BCUT2D eigenvalue weighted by Crippen LogP contribution is 2.34. The smallest absolute Gasteiger partial charge is 0.314 e. The van der Waals surface area contributed by atoms with E-state index in [0.717, 1.165) is 19.3 Å². The van der Waals surface area contributed by atoms with Gasteiger partial charge in [-0.1, -0.05) is 50.6 Å². The second-order valence-corrected chi connectivity index (χ2v) is 7.46. The molecule has 0 radical (unpaired) electrons. The Kier molecular flexibility index (Phi) is 6.85. The zero-order valence-electron chi connectivity index (χ0n) is 15.7. The number of hydrogen-bond acceptors (Lipinski definition) is 3. The Morgan fingerprint density at radius 3 is 2.52 bits per heavy atom. The van der Waals surface area contributed by atoms with Gasteiger partial charge in [0.05, 0.1) is 5.60 Å². The van der Waals surface area contributed by atoms with E-state index in [-0.39, 0.29) is 23.9 Å². The van der Waals surface area contributed by atoms with E-state index in [2.05, 4.69) is 22.8 Å². The predicted molar refractivity (Wildman–Crippen MR) is 99.7 cm³/mol. The molecular formula is C20H32N2O3. The molecule has 2 amide bonds. The fourth-order valence-electron chi connectivity index (χ4n) is 3.31. The maximum Gasteiger partial charge on any atom is 0.314 e. The molecule has 0 saturated carbocycles. The predicted octanol–water partition coefficient (Wildman–Crippen LogP) is 2.83. The highest BCUT2D eigenvalue weighted by molar-refractivity contribution is 5.74. The van der Waals surface area contributed by atoms with Crippen molar-refractivity contribution in [2.45, 2.75) is 51.0 Å². The molecule has 2 atom stereocenters. The molecule has 2 unspecified atom stereocenters. The summed E-state index contributed by atoms with van der Waals surface area (Å²) in [6, 6.07) is 10.1. The van der Waals surface area contributed by atoms with E-state index in [0.29, 0.717) is 19.8 Å². The first-order valence-corrected chi connectivity index (χ1v) is 9.27. The van der Waals surface area contributed by atoms with Gasteiger partial charge in [0.25, 0.3) is 0 Å². The maximum atomic E-state index is 12.3. The Morgan fingerprint density at radius 1 is 1.28 bits per heavy atom. The van der Waals surface area contributed by atoms with E-state index in [1.807, 2.05) is 32.0 Å². The summed E-state index contributed by atoms with van der Waals surface area (Å²) in [6.45, 7) is 8.03. The van der Waals surface area contributed by atoms with Crippen LogP contribution in [-0.4, -0.2) is 43.0 Å². The van der Waals surface area contributed by atoms with E-state index in [1.165, 1.54) is 5.56 Å². The van der Waals surface area contributed by atoms with Crippen LogP contribution in [0.15, 0.2) is 30.3 Å². The highest BCUT2D eigenvalue weighted by Gasteiger charge is 2.35. The van der Waals surface area contributed by atoms with Crippen LogP contribution >= 0.6 is 0 Å². The summed E-state index contributed by atoms with van der Waals surface area (Å²) in [7, 11) is 0. The number of urea groups is 1. The van der Waals surface area contributed by atoms with Gasteiger partial charge in [0.2, 0.25) is 0 Å². The first-order valence-electron chi connectivity index (χ1n) is 9.27. The molecule has 0 aliphatic carbocycles. The monoisotopic (exact) mass is 348 g/mol. The van der Waals surface area contributed by atoms with Crippen molar-refractivity contribution < 1.29 is 14.6 Å². The molecule has 5 heteroatoms. The average Bonchev–Trinajstić information content (AvgIpc) is 2.65. The summed E-state index contributed by atoms with van der Waals surface area (Å²) in [5, 5.41) is 16.2. The number of nitrogens with one attached hydrogen (secondary N) is 2. The fourth-order valence-corrected chi connectivity index (χ4v) is 3.31. The molecule has 1 fully saturated rings. The largest absolute Gasteiger partial charge is 0.388 e. The number of ether oxygens (including phenoxy) is 1. The standard InChI is InChI=1S/C20H32N2O3/c1-4-16(2)19(3,24)14-21-18(23)22-15-20(10-12-25-13-11-20)17-8-6-5-7-9-17/h5-9,16,24H,4,10-15H2,1-3H3,(H2,21,22,23). The minimum Gasteiger partial charge on any atom is -0.388 e. The van der Waals surface area contributed by atoms with Gasteiger partial charge < -0.3 is 20.5 Å². The second-order valence-electron chi connectivity index (χ2n) is 7.46. The summed E-state index contributed by atoms with van der Waals surface area (Å²) in [5.74, 6) is 0.124. The van der Waals surface area contributed by atoms with Crippen molar-refractivity contribution in [1.29, 1.82) is 0 Å². The van der Waals surface area contributed by atoms with Crippen LogP contribution in [-0.2, 0) is 10.2 Å². The van der Waals surface area contributed by atoms with E-state index in [1.54, 1.807) is 6.92 Å². The van der Waals surface area contributed by atoms with Crippen LogP contribution in [0, 0.1) is 5.92 Å². The summed E-state index contributed by atoms with van der Waals surface area (Å²) in [6.07, 6.45) is 2.65. The Balaban J connectivity index is 1.94. The molecule has 1 aromatic carbocycles. The van der Waals surface area contributed by atoms with Crippen molar-refractivity contribution in [3.8, 4) is 0 Å². The van der Waals surface area contributed by atoms with Crippen LogP contribution in [0.4, 0.5) is 4.79 Å². The van der Waals surface area contributed by atoms with Crippen LogP contribution in [0.5, 0.6) is 0 Å². The Bertz CT molecular complexity index is 539. The molecule has 140 valence electrons. The van der Waals surface area contributed by atoms with Crippen molar-refractivity contribution in [2.75, 3.05) is 26.3 Å². The Morgan fingerprint density at radius 2 is 1.92 bits per heavy atom. The number of amides is 2. The molecule has 1 aliphatic heterocycles. The van der Waals surface area contributed by atoms with E-state index in [4.69, 9.17) is 4.74 Å². The van der Waals surface area contributed by atoms with Crippen molar-refractivity contribution in [3.63, 3.8) is 0 Å². The third-order valence-electron chi connectivity index (χ3n) is 5.70. The average molecular weight is 348 g/mol. The fraction of sp³-hybridized carbons (Fsp3) is 0.650. The Labute approximate surface area is 151 Å². The van der Waals surface area contributed by atoms with Gasteiger partial charge in [-0.15, -0.1) is 0 Å². The SMILES string of the molecule is CCC(C)C(C)(O)CNC(=O)NCC1(c2ccccc2)CCOCC1. The highest BCUT2D eigenvalue weighted by atomic mass is 16.5. The third-order valence-corrected chi connectivity index (χ3v) is 5.70. The first kappa shape index (κ1) is 19.7. The van der Waals surface area contributed by atoms with Gasteiger partial charge in [-0.2, -0.15) is 0 Å². The zero-order chi connectivity index (χ0) is 18.3. The van der Waals surface area contributed by atoms with Gasteiger partial charge in [-0.3, -0.25) is 0 Å². The lowest BCUT2D eigenvalue weighted by Gasteiger charge is -2.38. The zero-order valence-corrected chi connectivity index (χ0v) is 15.7. The molecule has 3 N–H and O–H groups in total. The molecule has 1 aliphatic rings. The van der Waals surface area contributed by atoms with Gasteiger partial charge in [0, 0.05) is 31.7 Å². The van der Waals surface area contributed by atoms with Gasteiger partial charge in [-0.05, 0) is 31.2 Å². The third kappa shape index (κ3) is 5.19. The van der Waals surface area contributed by atoms with Gasteiger partial charge in [0.1, 0.15) is 0 Å². The first-order chi connectivity index (χ1) is 11.9. The molecule has 5 nitrogen and oxygen atoms in total. The summed E-state index contributed by atoms with van der Waals surface area (Å²) in [5.41, 5.74) is 0.253. The van der Waals surface area contributed by atoms with Crippen LogP contribution < -0.4 is 10.6 Å². The molecule has 1 aromatic rings. The molecule has 25 heavy (non-hydrogen) atoms. The molecule has 0 spiro atoms. The van der Waals surface area contributed by atoms with E-state index >= 15 is 0 Å². The van der Waals surface area contributed by atoms with Gasteiger partial charge in [0.15, 0.2) is 0 Å². The number of aliphatic hydroxyl groups is 1.